The van der Waals surface area contributed by atoms with E-state index in [2.05, 4.69) is 68.5 Å². The summed E-state index contributed by atoms with van der Waals surface area (Å²) >= 11 is 15.1. The quantitative estimate of drug-likeness (QED) is 0.0812. The van der Waals surface area contributed by atoms with E-state index in [9.17, 15) is 26.7 Å². The third-order valence-electron chi connectivity index (χ3n) is 2.27. The van der Waals surface area contributed by atoms with Crippen molar-refractivity contribution < 1.29 is 31.5 Å². The molecule has 0 aromatic heterocycles. The number of carbonyl (C=O) groups excluding carboxylic acids is 1. The van der Waals surface area contributed by atoms with Gasteiger partial charge in [0.05, 0.1) is 8.95 Å². The highest BCUT2D eigenvalue weighted by molar-refractivity contribution is 9.14. The Hall–Kier alpha value is 1.22. The van der Waals surface area contributed by atoms with Crippen molar-refractivity contribution in [3.8, 4) is 5.75 Å². The van der Waals surface area contributed by atoms with Gasteiger partial charge in [-0.3, -0.25) is 0 Å². The van der Waals surface area contributed by atoms with Gasteiger partial charge < -0.3 is 4.74 Å². The molecule has 1 rings (SSSR count). The molecule has 1 atom stereocenters. The Labute approximate surface area is 176 Å². The highest BCUT2D eigenvalue weighted by atomic mass is 79.9. The molecule has 0 N–H and O–H groups in total. The van der Waals surface area contributed by atoms with Gasteiger partial charge in [-0.05, 0) is 102 Å². The van der Waals surface area contributed by atoms with E-state index in [0.29, 0.717) is 8.95 Å². The number of alkyl halides is 7. The largest absolute Gasteiger partial charge is 0.420 e. The number of carbonyl (C=O) groups is 1. The summed E-state index contributed by atoms with van der Waals surface area (Å²) in [6.45, 7) is 0. The molecule has 0 spiro atoms. The highest BCUT2D eigenvalue weighted by Gasteiger charge is 2.72. The number of benzene rings is 1. The van der Waals surface area contributed by atoms with Crippen molar-refractivity contribution in [2.24, 2.45) is 0 Å². The Bertz CT molecular complexity index is 646. The van der Waals surface area contributed by atoms with Gasteiger partial charge in [0, 0.05) is 8.95 Å². The Kier molecular flexibility index (Phi) is 7.21. The minimum atomic E-state index is -5.21. The molecule has 1 aromatic carbocycles. The molecular formula is C10HBr6F5O2. The third kappa shape index (κ3) is 4.32. The normalized spacial score (nSPS) is 15.3. The Morgan fingerprint density at radius 1 is 0.913 bits per heavy atom. The SMILES string of the molecule is O=C(Oc1c(Br)cc(Br)c(Br)c1Br)C(F)(F)C(F)(Br)C(F)(F)Br. The van der Waals surface area contributed by atoms with Gasteiger partial charge in [0.25, 0.3) is 0 Å². The van der Waals surface area contributed by atoms with Crippen LogP contribution in [0.15, 0.2) is 24.0 Å². The molecule has 23 heavy (non-hydrogen) atoms. The van der Waals surface area contributed by atoms with E-state index >= 15 is 0 Å². The number of esters is 1. The molecule has 0 radical (unpaired) electrons. The minimum absolute atomic E-state index is 0.0209. The van der Waals surface area contributed by atoms with E-state index in [-0.39, 0.29) is 8.95 Å². The number of halogens is 11. The zero-order valence-corrected chi connectivity index (χ0v) is 19.6. The van der Waals surface area contributed by atoms with E-state index in [0.717, 1.165) is 0 Å². The number of hydrogen-bond acceptors (Lipinski definition) is 2. The van der Waals surface area contributed by atoms with Crippen LogP contribution < -0.4 is 4.74 Å². The van der Waals surface area contributed by atoms with Crippen molar-refractivity contribution in [2.45, 2.75) is 15.3 Å². The van der Waals surface area contributed by atoms with Crippen molar-refractivity contribution >= 4 is 102 Å². The lowest BCUT2D eigenvalue weighted by Crippen LogP contribution is -2.55. The van der Waals surface area contributed by atoms with Gasteiger partial charge >= 0.3 is 21.3 Å². The van der Waals surface area contributed by atoms with Crippen LogP contribution in [0.4, 0.5) is 22.0 Å². The fourth-order valence-electron chi connectivity index (χ4n) is 1.11. The molecule has 0 saturated carbocycles. The van der Waals surface area contributed by atoms with Crippen LogP contribution in [0.1, 0.15) is 0 Å². The molecule has 0 aliphatic heterocycles. The zero-order chi connectivity index (χ0) is 18.4. The molecule has 0 aliphatic carbocycles. The van der Waals surface area contributed by atoms with E-state index in [4.69, 9.17) is 0 Å². The monoisotopic (exact) mass is 721 g/mol. The summed E-state index contributed by atoms with van der Waals surface area (Å²) in [7, 11) is 0. The second-order valence-electron chi connectivity index (χ2n) is 3.83. The second kappa shape index (κ2) is 7.45. The van der Waals surface area contributed by atoms with Crippen molar-refractivity contribution in [1.29, 1.82) is 0 Å². The summed E-state index contributed by atoms with van der Waals surface area (Å²) in [4.78, 5) is 6.82. The maximum absolute atomic E-state index is 13.8. The predicted octanol–water partition coefficient (Wildman–Crippen LogP) is 7.33. The van der Waals surface area contributed by atoms with Crippen LogP contribution in [0, 0.1) is 0 Å². The summed E-state index contributed by atoms with van der Waals surface area (Å²) in [6, 6.07) is 1.34. The molecule has 0 saturated heterocycles. The molecular weight excluding hydrogens is 727 g/mol. The smallest absolute Gasteiger partial charge is 0.393 e. The van der Waals surface area contributed by atoms with Gasteiger partial charge in [0.2, 0.25) is 0 Å². The Morgan fingerprint density at radius 2 is 1.39 bits per heavy atom. The first-order valence-electron chi connectivity index (χ1n) is 5.02. The second-order valence-corrected chi connectivity index (χ2v) is 9.22. The first-order chi connectivity index (χ1) is 10.1. The van der Waals surface area contributed by atoms with Crippen molar-refractivity contribution in [1.82, 2.24) is 0 Å². The first-order valence-corrected chi connectivity index (χ1v) is 9.78. The van der Waals surface area contributed by atoms with E-state index < -0.39 is 27.1 Å². The Balaban J connectivity index is 3.26. The summed E-state index contributed by atoms with van der Waals surface area (Å²) in [5.74, 6) is -8.18. The molecule has 0 bridgehead atoms. The fraction of sp³-hybridized carbons (Fsp3) is 0.300. The standard InChI is InChI=1S/C10HBr6F5O2/c11-2-1-3(12)6(5(14)4(2)13)23-7(22)8(17,18)9(15,19)10(16,20)21/h1H. The van der Waals surface area contributed by atoms with Crippen molar-refractivity contribution in [3.63, 3.8) is 0 Å². The molecule has 0 heterocycles. The predicted molar refractivity (Wildman–Crippen MR) is 94.5 cm³/mol. The lowest BCUT2D eigenvalue weighted by Gasteiger charge is -2.29. The lowest BCUT2D eigenvalue weighted by atomic mass is 10.2. The zero-order valence-electron chi connectivity index (χ0n) is 10.1. The van der Waals surface area contributed by atoms with E-state index in [1.807, 2.05) is 0 Å². The molecule has 13 heteroatoms. The summed E-state index contributed by atoms with van der Waals surface area (Å²) in [5, 5.41) is 0. The van der Waals surface area contributed by atoms with Gasteiger partial charge in [-0.15, -0.1) is 0 Å². The fourth-order valence-corrected chi connectivity index (χ4v) is 4.09. The van der Waals surface area contributed by atoms with Crippen LogP contribution in [-0.2, 0) is 4.79 Å². The average molecular weight is 728 g/mol. The summed E-state index contributed by atoms with van der Waals surface area (Å²) < 4.78 is 67.6. The van der Waals surface area contributed by atoms with Crippen molar-refractivity contribution in [2.75, 3.05) is 0 Å². The van der Waals surface area contributed by atoms with Crippen LogP contribution in [-0.4, -0.2) is 21.3 Å². The van der Waals surface area contributed by atoms with Crippen LogP contribution in [0.25, 0.3) is 0 Å². The van der Waals surface area contributed by atoms with Crippen LogP contribution in [0.5, 0.6) is 5.75 Å². The van der Waals surface area contributed by atoms with Crippen LogP contribution >= 0.6 is 95.6 Å². The molecule has 0 aliphatic rings. The number of hydrogen-bond donors (Lipinski definition) is 0. The van der Waals surface area contributed by atoms with Gasteiger partial charge in [-0.2, -0.15) is 17.6 Å². The average Bonchev–Trinajstić information content (AvgIpc) is 2.39. The Morgan fingerprint density at radius 3 is 1.83 bits per heavy atom. The molecule has 1 unspecified atom stereocenters. The van der Waals surface area contributed by atoms with Gasteiger partial charge in [0.1, 0.15) is 0 Å². The topological polar surface area (TPSA) is 26.3 Å². The van der Waals surface area contributed by atoms with E-state index in [1.165, 1.54) is 22.0 Å². The summed E-state index contributed by atoms with van der Waals surface area (Å²) in [6.07, 6.45) is 0. The molecule has 0 amide bonds. The van der Waals surface area contributed by atoms with Gasteiger partial charge in [-0.1, -0.05) is 0 Å². The van der Waals surface area contributed by atoms with Crippen LogP contribution in [0.2, 0.25) is 0 Å². The molecule has 1 aromatic rings. The third-order valence-corrected chi connectivity index (χ3v) is 8.21. The lowest BCUT2D eigenvalue weighted by molar-refractivity contribution is -0.192. The van der Waals surface area contributed by atoms with Crippen LogP contribution in [0.3, 0.4) is 0 Å². The minimum Gasteiger partial charge on any atom is -0.420 e. The number of ether oxygens (including phenoxy) is 1. The molecule has 0 fully saturated rings. The van der Waals surface area contributed by atoms with Crippen molar-refractivity contribution in [3.05, 3.63) is 24.0 Å². The van der Waals surface area contributed by atoms with Gasteiger partial charge in [-0.25, -0.2) is 9.18 Å². The molecule has 2 nitrogen and oxygen atoms in total. The van der Waals surface area contributed by atoms with E-state index in [1.54, 1.807) is 15.9 Å². The summed E-state index contributed by atoms with van der Waals surface area (Å²) in [5.41, 5.74) is 0. The highest BCUT2D eigenvalue weighted by Crippen LogP contribution is 2.53. The van der Waals surface area contributed by atoms with Gasteiger partial charge in [0.15, 0.2) is 5.75 Å². The maximum atomic E-state index is 13.8. The molecule has 130 valence electrons. The first kappa shape index (κ1) is 22.3. The number of rotatable bonds is 4. The maximum Gasteiger partial charge on any atom is 0.393 e.